The van der Waals surface area contributed by atoms with E-state index in [9.17, 15) is 0 Å². The maximum atomic E-state index is 5.55. The Morgan fingerprint density at radius 1 is 1.18 bits per heavy atom. The number of rotatable bonds is 2. The maximum absolute atomic E-state index is 5.55. The van der Waals surface area contributed by atoms with Crippen LogP contribution in [0.4, 0.5) is 0 Å². The summed E-state index contributed by atoms with van der Waals surface area (Å²) in [6.07, 6.45) is 8.24. The van der Waals surface area contributed by atoms with Gasteiger partial charge in [-0.2, -0.15) is 0 Å². The highest BCUT2D eigenvalue weighted by molar-refractivity contribution is 5.02. The van der Waals surface area contributed by atoms with Gasteiger partial charge < -0.3 is 5.73 Å². The molecule has 0 aromatic rings. The molecular weight excluding hydrogens is 134 g/mol. The van der Waals surface area contributed by atoms with E-state index in [1.807, 2.05) is 0 Å². The van der Waals surface area contributed by atoms with E-state index in [4.69, 9.17) is 5.73 Å². The van der Waals surface area contributed by atoms with Crippen molar-refractivity contribution >= 4 is 0 Å². The fourth-order valence-electron chi connectivity index (χ4n) is 1.85. The molecule has 1 nitrogen and oxygen atoms in total. The number of hydrogen-bond acceptors (Lipinski definition) is 1. The molecule has 0 unspecified atom stereocenters. The number of nitrogens with two attached hydrogens (primary N) is 1. The van der Waals surface area contributed by atoms with Gasteiger partial charge in [0, 0.05) is 6.54 Å². The van der Waals surface area contributed by atoms with E-state index in [1.165, 1.54) is 44.1 Å². The summed E-state index contributed by atoms with van der Waals surface area (Å²) in [5, 5.41) is 0. The van der Waals surface area contributed by atoms with E-state index in [2.05, 4.69) is 6.58 Å². The SMILES string of the molecule is C=C(CN)C1CCCCCC1. The van der Waals surface area contributed by atoms with E-state index in [0.717, 1.165) is 5.92 Å². The van der Waals surface area contributed by atoms with Crippen molar-refractivity contribution in [3.05, 3.63) is 12.2 Å². The lowest BCUT2D eigenvalue weighted by Crippen LogP contribution is -2.11. The third kappa shape index (κ3) is 2.66. The van der Waals surface area contributed by atoms with Gasteiger partial charge in [0.1, 0.15) is 0 Å². The van der Waals surface area contributed by atoms with Crippen LogP contribution in [-0.4, -0.2) is 6.54 Å². The molecule has 0 spiro atoms. The van der Waals surface area contributed by atoms with E-state index < -0.39 is 0 Å². The van der Waals surface area contributed by atoms with Crippen LogP contribution in [0.3, 0.4) is 0 Å². The van der Waals surface area contributed by atoms with E-state index in [1.54, 1.807) is 0 Å². The van der Waals surface area contributed by atoms with Crippen molar-refractivity contribution in [3.63, 3.8) is 0 Å². The molecule has 1 aliphatic carbocycles. The van der Waals surface area contributed by atoms with Crippen LogP contribution in [0.25, 0.3) is 0 Å². The summed E-state index contributed by atoms with van der Waals surface area (Å²) in [4.78, 5) is 0. The van der Waals surface area contributed by atoms with Gasteiger partial charge in [0.05, 0.1) is 0 Å². The number of hydrogen-bond donors (Lipinski definition) is 1. The van der Waals surface area contributed by atoms with Crippen LogP contribution in [0.15, 0.2) is 12.2 Å². The first-order chi connectivity index (χ1) is 5.34. The fourth-order valence-corrected chi connectivity index (χ4v) is 1.85. The Morgan fingerprint density at radius 3 is 2.18 bits per heavy atom. The predicted molar refractivity (Wildman–Crippen MR) is 49.4 cm³/mol. The van der Waals surface area contributed by atoms with Crippen LogP contribution in [0.1, 0.15) is 38.5 Å². The Kier molecular flexibility index (Phi) is 3.64. The van der Waals surface area contributed by atoms with Crippen LogP contribution in [0.2, 0.25) is 0 Å². The van der Waals surface area contributed by atoms with Gasteiger partial charge in [0.15, 0.2) is 0 Å². The maximum Gasteiger partial charge on any atom is 0.0136 e. The van der Waals surface area contributed by atoms with Crippen LogP contribution in [0, 0.1) is 5.92 Å². The van der Waals surface area contributed by atoms with Crippen molar-refractivity contribution in [1.82, 2.24) is 0 Å². The normalized spacial score (nSPS) is 21.2. The molecule has 0 bridgehead atoms. The van der Waals surface area contributed by atoms with Crippen LogP contribution >= 0.6 is 0 Å². The molecule has 1 aliphatic rings. The zero-order valence-electron chi connectivity index (χ0n) is 7.31. The molecule has 0 heterocycles. The molecule has 11 heavy (non-hydrogen) atoms. The summed E-state index contributed by atoms with van der Waals surface area (Å²) in [7, 11) is 0. The van der Waals surface area contributed by atoms with Crippen LogP contribution in [0.5, 0.6) is 0 Å². The third-order valence-electron chi connectivity index (χ3n) is 2.69. The predicted octanol–water partition coefficient (Wildman–Crippen LogP) is 2.47. The van der Waals surface area contributed by atoms with Gasteiger partial charge in [0.2, 0.25) is 0 Å². The van der Waals surface area contributed by atoms with Gasteiger partial charge in [-0.05, 0) is 18.8 Å². The third-order valence-corrected chi connectivity index (χ3v) is 2.69. The van der Waals surface area contributed by atoms with Gasteiger partial charge in [-0.15, -0.1) is 0 Å². The second kappa shape index (κ2) is 4.55. The highest BCUT2D eigenvalue weighted by Crippen LogP contribution is 2.27. The molecule has 1 saturated carbocycles. The Hall–Kier alpha value is -0.300. The van der Waals surface area contributed by atoms with Crippen molar-refractivity contribution in [2.45, 2.75) is 38.5 Å². The summed E-state index contributed by atoms with van der Waals surface area (Å²) >= 11 is 0. The average molecular weight is 153 g/mol. The lowest BCUT2D eigenvalue weighted by Gasteiger charge is -2.14. The largest absolute Gasteiger partial charge is 0.327 e. The molecule has 1 heteroatoms. The molecule has 1 rings (SSSR count). The summed E-state index contributed by atoms with van der Waals surface area (Å²) in [6.45, 7) is 4.70. The van der Waals surface area contributed by atoms with Crippen molar-refractivity contribution < 1.29 is 0 Å². The zero-order chi connectivity index (χ0) is 8.10. The minimum Gasteiger partial charge on any atom is -0.327 e. The highest BCUT2D eigenvalue weighted by atomic mass is 14.5. The first kappa shape index (κ1) is 8.79. The highest BCUT2D eigenvalue weighted by Gasteiger charge is 2.13. The Labute approximate surface area is 69.7 Å². The average Bonchev–Trinajstić information content (AvgIpc) is 2.30. The molecular formula is C10H19N. The molecule has 64 valence electrons. The summed E-state index contributed by atoms with van der Waals surface area (Å²) < 4.78 is 0. The van der Waals surface area contributed by atoms with Gasteiger partial charge >= 0.3 is 0 Å². The minimum absolute atomic E-state index is 0.685. The van der Waals surface area contributed by atoms with Gasteiger partial charge in [-0.25, -0.2) is 0 Å². The molecule has 0 atom stereocenters. The molecule has 0 aromatic carbocycles. The monoisotopic (exact) mass is 153 g/mol. The fraction of sp³-hybridized carbons (Fsp3) is 0.800. The van der Waals surface area contributed by atoms with Gasteiger partial charge in [-0.3, -0.25) is 0 Å². The molecule has 0 aliphatic heterocycles. The molecule has 0 saturated heterocycles. The molecule has 1 fully saturated rings. The lowest BCUT2D eigenvalue weighted by atomic mass is 9.93. The second-order valence-electron chi connectivity index (χ2n) is 3.55. The Morgan fingerprint density at radius 2 is 1.73 bits per heavy atom. The van der Waals surface area contributed by atoms with Gasteiger partial charge in [-0.1, -0.05) is 37.8 Å². The molecule has 0 amide bonds. The van der Waals surface area contributed by atoms with Gasteiger partial charge in [0.25, 0.3) is 0 Å². The standard InChI is InChI=1S/C10H19N/c1-9(8-11)10-6-4-2-3-5-7-10/h10H,1-8,11H2. The summed E-state index contributed by atoms with van der Waals surface area (Å²) in [5.41, 5.74) is 6.82. The van der Waals surface area contributed by atoms with Crippen molar-refractivity contribution in [3.8, 4) is 0 Å². The Balaban J connectivity index is 2.36. The van der Waals surface area contributed by atoms with Crippen molar-refractivity contribution in [1.29, 1.82) is 0 Å². The minimum atomic E-state index is 0.685. The first-order valence-corrected chi connectivity index (χ1v) is 4.72. The first-order valence-electron chi connectivity index (χ1n) is 4.72. The second-order valence-corrected chi connectivity index (χ2v) is 3.55. The zero-order valence-corrected chi connectivity index (χ0v) is 7.31. The van der Waals surface area contributed by atoms with Crippen LogP contribution < -0.4 is 5.73 Å². The molecule has 0 radical (unpaired) electrons. The van der Waals surface area contributed by atoms with E-state index in [0.29, 0.717) is 6.54 Å². The summed E-state index contributed by atoms with van der Waals surface area (Å²) in [5.74, 6) is 0.738. The molecule has 2 N–H and O–H groups in total. The lowest BCUT2D eigenvalue weighted by molar-refractivity contribution is 0.525. The van der Waals surface area contributed by atoms with E-state index in [-0.39, 0.29) is 0 Å². The quantitative estimate of drug-likeness (QED) is 0.478. The van der Waals surface area contributed by atoms with Crippen molar-refractivity contribution in [2.75, 3.05) is 6.54 Å². The Bertz CT molecular complexity index is 121. The topological polar surface area (TPSA) is 26.0 Å². The smallest absolute Gasteiger partial charge is 0.0136 e. The molecule has 0 aromatic heterocycles. The van der Waals surface area contributed by atoms with Crippen molar-refractivity contribution in [2.24, 2.45) is 11.7 Å². The van der Waals surface area contributed by atoms with Crippen LogP contribution in [-0.2, 0) is 0 Å². The summed E-state index contributed by atoms with van der Waals surface area (Å²) in [6, 6.07) is 0. The van der Waals surface area contributed by atoms with E-state index >= 15 is 0 Å².